The second-order valence-electron chi connectivity index (χ2n) is 5.57. The molecule has 2 heterocycles. The number of hydrogen-bond acceptors (Lipinski definition) is 4. The minimum atomic E-state index is 0.0980. The highest BCUT2D eigenvalue weighted by Crippen LogP contribution is 2.16. The van der Waals surface area contributed by atoms with Crippen LogP contribution >= 0.6 is 0 Å². The number of nitrogens with zero attached hydrogens (tertiary/aromatic N) is 4. The van der Waals surface area contributed by atoms with Crippen molar-refractivity contribution in [2.45, 2.75) is 25.4 Å². The lowest BCUT2D eigenvalue weighted by molar-refractivity contribution is 0.158. The van der Waals surface area contributed by atoms with Crippen LogP contribution in [0.25, 0.3) is 0 Å². The highest BCUT2D eigenvalue weighted by atomic mass is 16.5. The molecular weight excluding hydrogens is 270 g/mol. The lowest BCUT2D eigenvalue weighted by atomic mass is 10.1. The SMILES string of the molecule is COCCn1cc(NC2CCN(C(=O)N(C)C)CC2)cn1. The average molecular weight is 295 g/mol. The predicted octanol–water partition coefficient (Wildman–Crippen LogP) is 1.09. The first-order chi connectivity index (χ1) is 10.1. The summed E-state index contributed by atoms with van der Waals surface area (Å²) in [5, 5.41) is 7.78. The third-order valence-corrected chi connectivity index (χ3v) is 3.68. The van der Waals surface area contributed by atoms with Crippen LogP contribution in [0, 0.1) is 0 Å². The van der Waals surface area contributed by atoms with Crippen molar-refractivity contribution in [3.8, 4) is 0 Å². The Labute approximate surface area is 125 Å². The van der Waals surface area contributed by atoms with Crippen LogP contribution < -0.4 is 5.32 Å². The first-order valence-electron chi connectivity index (χ1n) is 7.34. The van der Waals surface area contributed by atoms with Gasteiger partial charge in [0.25, 0.3) is 0 Å². The standard InChI is InChI=1S/C14H25N5O2/c1-17(2)14(20)18-6-4-12(5-7-18)16-13-10-15-19(11-13)8-9-21-3/h10-12,16H,4-9H2,1-3H3. The van der Waals surface area contributed by atoms with Crippen LogP contribution in [0.15, 0.2) is 12.4 Å². The number of nitrogens with one attached hydrogen (secondary N) is 1. The molecule has 1 aliphatic heterocycles. The lowest BCUT2D eigenvalue weighted by Crippen LogP contribution is -2.46. The first kappa shape index (κ1) is 15.6. The number of likely N-dealkylation sites (tertiary alicyclic amines) is 1. The summed E-state index contributed by atoms with van der Waals surface area (Å²) in [6.45, 7) is 3.01. The first-order valence-corrected chi connectivity index (χ1v) is 7.34. The molecule has 1 aliphatic rings. The van der Waals surface area contributed by atoms with Gasteiger partial charge in [-0.2, -0.15) is 5.10 Å². The maximum Gasteiger partial charge on any atom is 0.319 e. The molecule has 118 valence electrons. The molecule has 0 saturated carbocycles. The van der Waals surface area contributed by atoms with Crippen LogP contribution in [0.5, 0.6) is 0 Å². The van der Waals surface area contributed by atoms with Gasteiger partial charge in [0.15, 0.2) is 0 Å². The van der Waals surface area contributed by atoms with Gasteiger partial charge in [-0.05, 0) is 12.8 Å². The Balaban J connectivity index is 1.78. The molecule has 0 bridgehead atoms. The highest BCUT2D eigenvalue weighted by molar-refractivity contribution is 5.73. The van der Waals surface area contributed by atoms with E-state index in [2.05, 4.69) is 10.4 Å². The zero-order valence-electron chi connectivity index (χ0n) is 13.1. The maximum absolute atomic E-state index is 11.9. The monoisotopic (exact) mass is 295 g/mol. The van der Waals surface area contributed by atoms with E-state index < -0.39 is 0 Å². The third-order valence-electron chi connectivity index (χ3n) is 3.68. The number of amides is 2. The second-order valence-corrected chi connectivity index (χ2v) is 5.57. The van der Waals surface area contributed by atoms with Gasteiger partial charge >= 0.3 is 6.03 Å². The van der Waals surface area contributed by atoms with Crippen molar-refractivity contribution in [1.29, 1.82) is 0 Å². The summed E-state index contributed by atoms with van der Waals surface area (Å²) in [7, 11) is 5.27. The average Bonchev–Trinajstić information content (AvgIpc) is 2.92. The number of rotatable bonds is 5. The number of hydrogen-bond donors (Lipinski definition) is 1. The number of ether oxygens (including phenoxy) is 1. The molecule has 1 aromatic heterocycles. The fraction of sp³-hybridized carbons (Fsp3) is 0.714. The summed E-state index contributed by atoms with van der Waals surface area (Å²) in [6.07, 6.45) is 5.76. The van der Waals surface area contributed by atoms with Crippen molar-refractivity contribution in [3.63, 3.8) is 0 Å². The minimum absolute atomic E-state index is 0.0980. The van der Waals surface area contributed by atoms with Crippen LogP contribution in [0.3, 0.4) is 0 Å². The molecule has 0 radical (unpaired) electrons. The summed E-state index contributed by atoms with van der Waals surface area (Å²) < 4.78 is 6.91. The van der Waals surface area contributed by atoms with Crippen LogP contribution in [-0.2, 0) is 11.3 Å². The van der Waals surface area contributed by atoms with Crippen molar-refractivity contribution in [1.82, 2.24) is 19.6 Å². The van der Waals surface area contributed by atoms with Gasteiger partial charge in [-0.3, -0.25) is 4.68 Å². The topological polar surface area (TPSA) is 62.6 Å². The number of urea groups is 1. The maximum atomic E-state index is 11.9. The van der Waals surface area contributed by atoms with Gasteiger partial charge < -0.3 is 19.9 Å². The molecule has 1 saturated heterocycles. The van der Waals surface area contributed by atoms with Crippen molar-refractivity contribution in [2.24, 2.45) is 0 Å². The van der Waals surface area contributed by atoms with E-state index in [4.69, 9.17) is 4.74 Å². The number of anilines is 1. The van der Waals surface area contributed by atoms with E-state index in [1.54, 1.807) is 26.1 Å². The number of carbonyl (C=O) groups is 1. The van der Waals surface area contributed by atoms with Gasteiger partial charge in [0.05, 0.1) is 25.0 Å². The van der Waals surface area contributed by atoms with Gasteiger partial charge in [-0.15, -0.1) is 0 Å². The molecule has 0 atom stereocenters. The van der Waals surface area contributed by atoms with Crippen molar-refractivity contribution < 1.29 is 9.53 Å². The summed E-state index contributed by atoms with van der Waals surface area (Å²) >= 11 is 0. The number of piperidine rings is 1. The number of methoxy groups -OCH3 is 1. The quantitative estimate of drug-likeness (QED) is 0.883. The third kappa shape index (κ3) is 4.35. The molecule has 0 spiro atoms. The Kier molecular flexibility index (Phi) is 5.44. The molecule has 7 heteroatoms. The number of aromatic nitrogens is 2. The molecule has 0 aromatic carbocycles. The Morgan fingerprint density at radius 1 is 1.48 bits per heavy atom. The van der Waals surface area contributed by atoms with Gasteiger partial charge in [-0.1, -0.05) is 0 Å². The van der Waals surface area contributed by atoms with Gasteiger partial charge in [-0.25, -0.2) is 4.79 Å². The van der Waals surface area contributed by atoms with E-state index in [1.807, 2.05) is 22.0 Å². The molecule has 1 fully saturated rings. The summed E-state index contributed by atoms with van der Waals surface area (Å²) in [5.41, 5.74) is 1.03. The molecule has 1 aromatic rings. The molecule has 2 amide bonds. The molecule has 0 unspecified atom stereocenters. The normalized spacial score (nSPS) is 16.0. The fourth-order valence-corrected chi connectivity index (χ4v) is 2.48. The van der Waals surface area contributed by atoms with Crippen molar-refractivity contribution >= 4 is 11.7 Å². The summed E-state index contributed by atoms with van der Waals surface area (Å²) in [5.74, 6) is 0. The zero-order valence-corrected chi connectivity index (χ0v) is 13.1. The Bertz CT molecular complexity index is 452. The fourth-order valence-electron chi connectivity index (χ4n) is 2.48. The van der Waals surface area contributed by atoms with Gasteiger partial charge in [0, 0.05) is 46.5 Å². The largest absolute Gasteiger partial charge is 0.383 e. The Morgan fingerprint density at radius 3 is 2.81 bits per heavy atom. The van der Waals surface area contributed by atoms with E-state index in [1.165, 1.54) is 0 Å². The van der Waals surface area contributed by atoms with E-state index >= 15 is 0 Å². The van der Waals surface area contributed by atoms with Crippen LogP contribution in [-0.4, -0.2) is 72.6 Å². The smallest absolute Gasteiger partial charge is 0.319 e. The predicted molar refractivity (Wildman–Crippen MR) is 81.4 cm³/mol. The van der Waals surface area contributed by atoms with Crippen LogP contribution in [0.4, 0.5) is 10.5 Å². The highest BCUT2D eigenvalue weighted by Gasteiger charge is 2.23. The Hall–Kier alpha value is -1.76. The van der Waals surface area contributed by atoms with E-state index in [0.717, 1.165) is 38.2 Å². The van der Waals surface area contributed by atoms with Crippen molar-refractivity contribution in [3.05, 3.63) is 12.4 Å². The van der Waals surface area contributed by atoms with Gasteiger partial charge in [0.1, 0.15) is 0 Å². The summed E-state index contributed by atoms with van der Waals surface area (Å²) in [6, 6.07) is 0.497. The molecule has 7 nitrogen and oxygen atoms in total. The van der Waals surface area contributed by atoms with E-state index in [0.29, 0.717) is 12.6 Å². The van der Waals surface area contributed by atoms with Crippen LogP contribution in [0.2, 0.25) is 0 Å². The molecule has 2 rings (SSSR count). The molecule has 1 N–H and O–H groups in total. The lowest BCUT2D eigenvalue weighted by Gasteiger charge is -2.34. The minimum Gasteiger partial charge on any atom is -0.383 e. The van der Waals surface area contributed by atoms with Gasteiger partial charge in [0.2, 0.25) is 0 Å². The van der Waals surface area contributed by atoms with Crippen LogP contribution in [0.1, 0.15) is 12.8 Å². The second kappa shape index (κ2) is 7.31. The number of carbonyl (C=O) groups excluding carboxylic acids is 1. The Morgan fingerprint density at radius 2 is 2.19 bits per heavy atom. The van der Waals surface area contributed by atoms with E-state index in [9.17, 15) is 4.79 Å². The zero-order chi connectivity index (χ0) is 15.2. The van der Waals surface area contributed by atoms with Crippen molar-refractivity contribution in [2.75, 3.05) is 46.2 Å². The van der Waals surface area contributed by atoms with E-state index in [-0.39, 0.29) is 6.03 Å². The molecular formula is C14H25N5O2. The molecule has 21 heavy (non-hydrogen) atoms. The summed E-state index contributed by atoms with van der Waals surface area (Å²) in [4.78, 5) is 15.4. The molecule has 0 aliphatic carbocycles.